The number of nitrogens with zero attached hydrogens (tertiary/aromatic N) is 2. The van der Waals surface area contributed by atoms with Gasteiger partial charge in [-0.2, -0.15) is 5.10 Å². The van der Waals surface area contributed by atoms with Crippen molar-refractivity contribution in [2.24, 2.45) is 0 Å². The normalized spacial score (nSPS) is 25.1. The Morgan fingerprint density at radius 1 is 1.60 bits per heavy atom. The second kappa shape index (κ2) is 3.52. The molecule has 0 aromatic carbocycles. The molecule has 0 bridgehead atoms. The van der Waals surface area contributed by atoms with Gasteiger partial charge in [0.25, 0.3) is 0 Å². The molecule has 2 heterocycles. The van der Waals surface area contributed by atoms with Crippen molar-refractivity contribution in [1.82, 2.24) is 9.78 Å². The molecule has 1 unspecified atom stereocenters. The lowest BCUT2D eigenvalue weighted by Crippen LogP contribution is -2.43. The van der Waals surface area contributed by atoms with Gasteiger partial charge in [-0.15, -0.1) is 0 Å². The number of hydrogen-bond donors (Lipinski definition) is 0. The lowest BCUT2D eigenvalue weighted by Gasteiger charge is -2.33. The highest BCUT2D eigenvalue weighted by molar-refractivity contribution is 5.28. The minimum absolute atomic E-state index is 0.257. The standard InChI is InChI=1S/C11H18N2O2/c1-8(2)9-5-12-13-6-11(3,14-4)7-15-10(9)13/h5,8H,6-7H2,1-4H3. The van der Waals surface area contributed by atoms with Crippen LogP contribution in [0.5, 0.6) is 5.88 Å². The molecule has 0 amide bonds. The van der Waals surface area contributed by atoms with Crippen molar-refractivity contribution in [2.75, 3.05) is 13.7 Å². The third-order valence-electron chi connectivity index (χ3n) is 2.93. The number of rotatable bonds is 2. The Morgan fingerprint density at radius 2 is 2.33 bits per heavy atom. The van der Waals surface area contributed by atoms with E-state index in [4.69, 9.17) is 9.47 Å². The summed E-state index contributed by atoms with van der Waals surface area (Å²) in [4.78, 5) is 0. The number of fused-ring (bicyclic) bond motifs is 1. The monoisotopic (exact) mass is 210 g/mol. The van der Waals surface area contributed by atoms with Gasteiger partial charge in [0.1, 0.15) is 12.2 Å². The highest BCUT2D eigenvalue weighted by atomic mass is 16.5. The molecule has 0 saturated carbocycles. The van der Waals surface area contributed by atoms with E-state index < -0.39 is 0 Å². The Hall–Kier alpha value is -1.03. The molecule has 4 nitrogen and oxygen atoms in total. The summed E-state index contributed by atoms with van der Waals surface area (Å²) in [6.45, 7) is 7.67. The molecule has 1 aromatic heterocycles. The average molecular weight is 210 g/mol. The fourth-order valence-corrected chi connectivity index (χ4v) is 1.76. The van der Waals surface area contributed by atoms with E-state index in [1.54, 1.807) is 7.11 Å². The Morgan fingerprint density at radius 3 is 2.93 bits per heavy atom. The van der Waals surface area contributed by atoms with Gasteiger partial charge in [0.05, 0.1) is 12.7 Å². The first-order chi connectivity index (χ1) is 7.06. The summed E-state index contributed by atoms with van der Waals surface area (Å²) >= 11 is 0. The summed E-state index contributed by atoms with van der Waals surface area (Å²) in [5, 5.41) is 4.33. The number of hydrogen-bond acceptors (Lipinski definition) is 3. The zero-order valence-corrected chi connectivity index (χ0v) is 9.78. The third-order valence-corrected chi connectivity index (χ3v) is 2.93. The molecule has 1 atom stereocenters. The zero-order valence-electron chi connectivity index (χ0n) is 9.78. The maximum Gasteiger partial charge on any atom is 0.215 e. The molecule has 15 heavy (non-hydrogen) atoms. The van der Waals surface area contributed by atoms with Crippen molar-refractivity contribution >= 4 is 0 Å². The lowest BCUT2D eigenvalue weighted by atomic mass is 10.1. The van der Waals surface area contributed by atoms with Crippen LogP contribution in [0.15, 0.2) is 6.20 Å². The molecule has 2 rings (SSSR count). The highest BCUT2D eigenvalue weighted by Crippen LogP contribution is 2.31. The van der Waals surface area contributed by atoms with Gasteiger partial charge >= 0.3 is 0 Å². The van der Waals surface area contributed by atoms with E-state index in [-0.39, 0.29) is 5.60 Å². The largest absolute Gasteiger partial charge is 0.474 e. The highest BCUT2D eigenvalue weighted by Gasteiger charge is 2.33. The SMILES string of the molecule is COC1(C)COc2c(C(C)C)cnn2C1. The topological polar surface area (TPSA) is 36.3 Å². The molecule has 1 aromatic rings. The van der Waals surface area contributed by atoms with Crippen LogP contribution in [-0.2, 0) is 11.3 Å². The Kier molecular flexibility index (Phi) is 2.46. The van der Waals surface area contributed by atoms with Crippen LogP contribution in [0.25, 0.3) is 0 Å². The molecule has 84 valence electrons. The molecular weight excluding hydrogens is 192 g/mol. The van der Waals surface area contributed by atoms with Gasteiger partial charge < -0.3 is 9.47 Å². The number of methoxy groups -OCH3 is 1. The fraction of sp³-hybridized carbons (Fsp3) is 0.727. The lowest BCUT2D eigenvalue weighted by molar-refractivity contribution is -0.0648. The van der Waals surface area contributed by atoms with E-state index in [1.165, 1.54) is 5.56 Å². The van der Waals surface area contributed by atoms with E-state index in [2.05, 4.69) is 18.9 Å². The molecule has 0 radical (unpaired) electrons. The van der Waals surface area contributed by atoms with Gasteiger partial charge in [0.15, 0.2) is 0 Å². The molecular formula is C11H18N2O2. The fourth-order valence-electron chi connectivity index (χ4n) is 1.76. The van der Waals surface area contributed by atoms with Crippen LogP contribution in [0.3, 0.4) is 0 Å². The molecule has 0 N–H and O–H groups in total. The van der Waals surface area contributed by atoms with Crippen LogP contribution in [-0.4, -0.2) is 29.1 Å². The number of ether oxygens (including phenoxy) is 2. The first-order valence-corrected chi connectivity index (χ1v) is 5.29. The van der Waals surface area contributed by atoms with Crippen LogP contribution >= 0.6 is 0 Å². The van der Waals surface area contributed by atoms with Crippen molar-refractivity contribution in [1.29, 1.82) is 0 Å². The Bertz CT molecular complexity index is 359. The average Bonchev–Trinajstić information content (AvgIpc) is 2.60. The van der Waals surface area contributed by atoms with Gasteiger partial charge in [-0.3, -0.25) is 0 Å². The first-order valence-electron chi connectivity index (χ1n) is 5.29. The third kappa shape index (κ3) is 1.74. The van der Waals surface area contributed by atoms with Crippen molar-refractivity contribution in [2.45, 2.75) is 38.8 Å². The predicted octanol–water partition coefficient (Wildman–Crippen LogP) is 1.80. The van der Waals surface area contributed by atoms with Crippen molar-refractivity contribution in [3.63, 3.8) is 0 Å². The zero-order chi connectivity index (χ0) is 11.1. The molecule has 1 aliphatic rings. The van der Waals surface area contributed by atoms with Crippen LogP contribution < -0.4 is 4.74 Å². The van der Waals surface area contributed by atoms with Crippen LogP contribution in [0.4, 0.5) is 0 Å². The summed E-state index contributed by atoms with van der Waals surface area (Å²) in [7, 11) is 1.71. The molecule has 0 aliphatic carbocycles. The summed E-state index contributed by atoms with van der Waals surface area (Å²) in [5.74, 6) is 1.35. The summed E-state index contributed by atoms with van der Waals surface area (Å²) in [5.41, 5.74) is 0.918. The van der Waals surface area contributed by atoms with Gasteiger partial charge in [-0.05, 0) is 12.8 Å². The summed E-state index contributed by atoms with van der Waals surface area (Å²) in [6.07, 6.45) is 1.89. The van der Waals surface area contributed by atoms with Crippen LogP contribution in [0.1, 0.15) is 32.3 Å². The molecule has 0 fully saturated rings. The minimum atomic E-state index is -0.257. The van der Waals surface area contributed by atoms with Gasteiger partial charge in [-0.1, -0.05) is 13.8 Å². The van der Waals surface area contributed by atoms with Crippen molar-refractivity contribution < 1.29 is 9.47 Å². The van der Waals surface area contributed by atoms with E-state index in [0.717, 1.165) is 12.4 Å². The summed E-state index contributed by atoms with van der Waals surface area (Å²) in [6, 6.07) is 0. The predicted molar refractivity (Wildman–Crippen MR) is 57.2 cm³/mol. The maximum absolute atomic E-state index is 5.74. The minimum Gasteiger partial charge on any atom is -0.474 e. The number of aromatic nitrogens is 2. The summed E-state index contributed by atoms with van der Waals surface area (Å²) < 4.78 is 13.0. The first kappa shape index (κ1) is 10.5. The maximum atomic E-state index is 5.74. The van der Waals surface area contributed by atoms with Gasteiger partial charge in [0, 0.05) is 12.7 Å². The van der Waals surface area contributed by atoms with Crippen LogP contribution in [0, 0.1) is 0 Å². The second-order valence-electron chi connectivity index (χ2n) is 4.66. The Labute approximate surface area is 90.2 Å². The molecule has 4 heteroatoms. The van der Waals surface area contributed by atoms with E-state index in [9.17, 15) is 0 Å². The van der Waals surface area contributed by atoms with Gasteiger partial charge in [-0.25, -0.2) is 4.68 Å². The van der Waals surface area contributed by atoms with E-state index in [0.29, 0.717) is 12.5 Å². The molecule has 1 aliphatic heterocycles. The van der Waals surface area contributed by atoms with E-state index in [1.807, 2.05) is 17.8 Å². The molecule has 0 spiro atoms. The van der Waals surface area contributed by atoms with Crippen molar-refractivity contribution in [3.8, 4) is 5.88 Å². The van der Waals surface area contributed by atoms with Crippen LogP contribution in [0.2, 0.25) is 0 Å². The Balaban J connectivity index is 2.30. The van der Waals surface area contributed by atoms with Gasteiger partial charge in [0.2, 0.25) is 5.88 Å². The quantitative estimate of drug-likeness (QED) is 0.747. The second-order valence-corrected chi connectivity index (χ2v) is 4.66. The smallest absolute Gasteiger partial charge is 0.215 e. The molecule has 0 saturated heterocycles. The van der Waals surface area contributed by atoms with Crippen molar-refractivity contribution in [3.05, 3.63) is 11.8 Å². The van der Waals surface area contributed by atoms with E-state index >= 15 is 0 Å².